The fourth-order valence-corrected chi connectivity index (χ4v) is 6.25. The smallest absolute Gasteiger partial charge is 0.418 e. The number of halogens is 5. The highest BCUT2D eigenvalue weighted by molar-refractivity contribution is 6.08. The maximum Gasteiger partial charge on any atom is 0.418 e. The standard InChI is InChI=1S/C30H30F5N7O4/c1-40-22-14-36-23(13-21(22)42(28(40)45)17-8-7-16(11-17)37-27(44)46-2)38-24-12-19(26(43)41-10-4-9-29(31,32)15-41)18-5-3-6-20(25(18)39-24)30(33,34)35/h3,5-6,12-14,16-17H,4,7-11,15H2,1-2H3,(H,37,44)(H,36,38,39)/t16-,17-/m1/s1/i1D3. The molecule has 4 aromatic rings. The Morgan fingerprint density at radius 3 is 2.67 bits per heavy atom. The number of para-hydroxylation sites is 1. The van der Waals surface area contributed by atoms with E-state index in [0.29, 0.717) is 17.4 Å². The van der Waals surface area contributed by atoms with Gasteiger partial charge in [-0.3, -0.25) is 13.9 Å². The number of rotatable bonds is 5. The Morgan fingerprint density at radius 1 is 1.15 bits per heavy atom. The lowest BCUT2D eigenvalue weighted by atomic mass is 10.0. The van der Waals surface area contributed by atoms with Gasteiger partial charge in [0.15, 0.2) is 0 Å². The van der Waals surface area contributed by atoms with Gasteiger partial charge >= 0.3 is 18.0 Å². The first kappa shape index (κ1) is 27.5. The molecular weight excluding hydrogens is 617 g/mol. The molecule has 2 amide bonds. The Bertz CT molecular complexity index is 2010. The minimum absolute atomic E-state index is 0.00266. The summed E-state index contributed by atoms with van der Waals surface area (Å²) < 4.78 is 101. The van der Waals surface area contributed by atoms with Crippen LogP contribution in [0.25, 0.3) is 21.9 Å². The van der Waals surface area contributed by atoms with Gasteiger partial charge in [0, 0.05) is 47.6 Å². The predicted molar refractivity (Wildman–Crippen MR) is 157 cm³/mol. The van der Waals surface area contributed by atoms with Crippen LogP contribution >= 0.6 is 0 Å². The number of carbonyl (C=O) groups is 2. The zero-order valence-corrected chi connectivity index (χ0v) is 24.3. The van der Waals surface area contributed by atoms with E-state index in [9.17, 15) is 36.3 Å². The molecule has 0 spiro atoms. The summed E-state index contributed by atoms with van der Waals surface area (Å²) in [6, 6.07) is 4.69. The SMILES string of the molecule is [2H]C([2H])([2H])n1c(=O)n([C@@H]2CC[C@@H](NC(=O)OC)C2)c2cc(Nc3cc(C(=O)N4CCCC(F)(F)C4)c4cccc(C(F)(F)F)c4n3)ncc21. The Hall–Kier alpha value is -4.76. The van der Waals surface area contributed by atoms with Crippen molar-refractivity contribution < 1.29 is 40.4 Å². The zero-order chi connectivity index (χ0) is 35.5. The molecule has 244 valence electrons. The highest BCUT2D eigenvalue weighted by atomic mass is 19.4. The van der Waals surface area contributed by atoms with Crippen molar-refractivity contribution in [3.63, 3.8) is 0 Å². The molecule has 1 aliphatic heterocycles. The highest BCUT2D eigenvalue weighted by Gasteiger charge is 2.39. The fourth-order valence-electron chi connectivity index (χ4n) is 6.25. The number of alkyl carbamates (subject to hydrolysis) is 1. The van der Waals surface area contributed by atoms with Crippen LogP contribution in [0, 0.1) is 0 Å². The van der Waals surface area contributed by atoms with Crippen LogP contribution in [-0.2, 0) is 17.9 Å². The Morgan fingerprint density at radius 2 is 1.96 bits per heavy atom. The number of carbonyl (C=O) groups excluding carboxylic acids is 2. The highest BCUT2D eigenvalue weighted by Crippen LogP contribution is 2.37. The summed E-state index contributed by atoms with van der Waals surface area (Å²) in [4.78, 5) is 48.1. The van der Waals surface area contributed by atoms with Gasteiger partial charge in [0.05, 0.1) is 47.5 Å². The lowest BCUT2D eigenvalue weighted by molar-refractivity contribution is -0.136. The number of methoxy groups -OCH3 is 1. The molecule has 16 heteroatoms. The molecule has 2 aliphatic rings. The van der Waals surface area contributed by atoms with E-state index in [1.54, 1.807) is 0 Å². The maximum absolute atomic E-state index is 14.2. The Labute approximate surface area is 262 Å². The van der Waals surface area contributed by atoms with Crippen molar-refractivity contribution in [3.8, 4) is 0 Å². The number of anilines is 2. The van der Waals surface area contributed by atoms with Gasteiger partial charge in [0.2, 0.25) is 0 Å². The number of piperidine rings is 1. The number of nitrogens with one attached hydrogen (secondary N) is 2. The number of aromatic nitrogens is 4. The van der Waals surface area contributed by atoms with E-state index in [4.69, 9.17) is 4.11 Å². The number of imidazole rings is 1. The van der Waals surface area contributed by atoms with Gasteiger partial charge < -0.3 is 20.3 Å². The number of aryl methyl sites for hydroxylation is 1. The maximum atomic E-state index is 14.2. The number of alkyl halides is 5. The molecule has 6 rings (SSSR count). The van der Waals surface area contributed by atoms with Gasteiger partial charge in [-0.1, -0.05) is 12.1 Å². The first-order valence-corrected chi connectivity index (χ1v) is 14.4. The van der Waals surface area contributed by atoms with Crippen LogP contribution in [0.5, 0.6) is 0 Å². The van der Waals surface area contributed by atoms with Crippen molar-refractivity contribution in [1.82, 2.24) is 29.3 Å². The summed E-state index contributed by atoms with van der Waals surface area (Å²) in [7, 11) is 1.21. The van der Waals surface area contributed by atoms with Crippen LogP contribution in [0.2, 0.25) is 0 Å². The topological polar surface area (TPSA) is 123 Å². The average molecular weight is 651 g/mol. The van der Waals surface area contributed by atoms with Gasteiger partial charge in [-0.05, 0) is 37.8 Å². The quantitative estimate of drug-likeness (QED) is 0.279. The number of hydrogen-bond donors (Lipinski definition) is 2. The van der Waals surface area contributed by atoms with E-state index in [2.05, 4.69) is 25.3 Å². The lowest BCUT2D eigenvalue weighted by Gasteiger charge is -2.32. The molecule has 11 nitrogen and oxygen atoms in total. The van der Waals surface area contributed by atoms with E-state index in [-0.39, 0.29) is 59.0 Å². The Kier molecular flexibility index (Phi) is 6.92. The van der Waals surface area contributed by atoms with Crippen LogP contribution in [0.3, 0.4) is 0 Å². The first-order valence-electron chi connectivity index (χ1n) is 15.9. The summed E-state index contributed by atoms with van der Waals surface area (Å²) >= 11 is 0. The van der Waals surface area contributed by atoms with E-state index in [0.717, 1.165) is 29.3 Å². The number of likely N-dealkylation sites (tertiary alicyclic amines) is 1. The molecule has 1 saturated heterocycles. The summed E-state index contributed by atoms with van der Waals surface area (Å²) in [5.74, 6) is -4.41. The fraction of sp³-hybridized carbons (Fsp3) is 0.433. The van der Waals surface area contributed by atoms with Crippen molar-refractivity contribution in [2.75, 3.05) is 25.5 Å². The summed E-state index contributed by atoms with van der Waals surface area (Å²) in [5.41, 5.74) is -2.83. The molecule has 1 aliphatic carbocycles. The summed E-state index contributed by atoms with van der Waals surface area (Å²) in [6.07, 6.45) is -3.72. The summed E-state index contributed by atoms with van der Waals surface area (Å²) in [6.45, 7) is -3.81. The molecule has 0 bridgehead atoms. The van der Waals surface area contributed by atoms with Gasteiger partial charge in [0.25, 0.3) is 11.8 Å². The molecule has 1 aromatic carbocycles. The third kappa shape index (κ3) is 5.83. The van der Waals surface area contributed by atoms with Crippen LogP contribution in [-0.4, -0.2) is 68.2 Å². The summed E-state index contributed by atoms with van der Waals surface area (Å²) in [5, 5.41) is 5.24. The number of ether oxygens (including phenoxy) is 1. The first-order chi connectivity index (χ1) is 23.0. The van der Waals surface area contributed by atoms with Gasteiger partial charge in [-0.2, -0.15) is 13.2 Å². The number of fused-ring (bicyclic) bond motifs is 2. The monoisotopic (exact) mass is 650 g/mol. The average Bonchev–Trinajstić information content (AvgIpc) is 3.59. The second kappa shape index (κ2) is 11.6. The van der Waals surface area contributed by atoms with Crippen LogP contribution in [0.15, 0.2) is 41.3 Å². The van der Waals surface area contributed by atoms with Crippen molar-refractivity contribution in [1.29, 1.82) is 0 Å². The van der Waals surface area contributed by atoms with Crippen LogP contribution < -0.4 is 16.3 Å². The van der Waals surface area contributed by atoms with Crippen molar-refractivity contribution in [3.05, 3.63) is 58.1 Å². The predicted octanol–water partition coefficient (Wildman–Crippen LogP) is 5.37. The molecule has 2 N–H and O–H groups in total. The van der Waals surface area contributed by atoms with Crippen molar-refractivity contribution in [2.45, 2.75) is 56.3 Å². The molecule has 1 saturated carbocycles. The van der Waals surface area contributed by atoms with Crippen molar-refractivity contribution >= 4 is 45.6 Å². The van der Waals surface area contributed by atoms with Gasteiger partial charge in [-0.25, -0.2) is 28.3 Å². The number of benzene rings is 1. The number of nitrogens with zero attached hydrogens (tertiary/aromatic N) is 5. The lowest BCUT2D eigenvalue weighted by Crippen LogP contribution is -2.45. The van der Waals surface area contributed by atoms with E-state index < -0.39 is 66.9 Å². The molecule has 0 radical (unpaired) electrons. The molecule has 4 heterocycles. The van der Waals surface area contributed by atoms with E-state index in [1.165, 1.54) is 23.8 Å². The third-order valence-electron chi connectivity index (χ3n) is 8.35. The van der Waals surface area contributed by atoms with E-state index in [1.807, 2.05) is 0 Å². The van der Waals surface area contributed by atoms with Gasteiger partial charge in [0.1, 0.15) is 11.6 Å². The normalized spacial score (nSPS) is 21.1. The second-order valence-corrected chi connectivity index (χ2v) is 11.4. The van der Waals surface area contributed by atoms with Crippen LogP contribution in [0.4, 0.5) is 38.4 Å². The van der Waals surface area contributed by atoms with Crippen LogP contribution in [0.1, 0.15) is 58.2 Å². The van der Waals surface area contributed by atoms with Crippen molar-refractivity contribution in [2.24, 2.45) is 6.98 Å². The zero-order valence-electron chi connectivity index (χ0n) is 27.3. The largest absolute Gasteiger partial charge is 0.453 e. The molecule has 2 fully saturated rings. The molecule has 2 atom stereocenters. The third-order valence-corrected chi connectivity index (χ3v) is 8.35. The minimum Gasteiger partial charge on any atom is -0.453 e. The molecule has 0 unspecified atom stereocenters. The van der Waals surface area contributed by atoms with E-state index >= 15 is 0 Å². The number of pyridine rings is 2. The Balaban J connectivity index is 1.45. The number of hydrogen-bond acceptors (Lipinski definition) is 7. The molecule has 3 aromatic heterocycles. The van der Waals surface area contributed by atoms with Gasteiger partial charge in [-0.15, -0.1) is 0 Å². The molecule has 46 heavy (non-hydrogen) atoms. The number of amides is 2. The molecular formula is C30H30F5N7O4. The minimum atomic E-state index is -4.88. The second-order valence-electron chi connectivity index (χ2n) is 11.4.